The van der Waals surface area contributed by atoms with Gasteiger partial charge in [-0.25, -0.2) is 4.39 Å². The zero-order valence-electron chi connectivity index (χ0n) is 10.3. The molecule has 94 valence electrons. The van der Waals surface area contributed by atoms with Gasteiger partial charge in [-0.05, 0) is 49.8 Å². The third-order valence-electron chi connectivity index (χ3n) is 3.61. The molecule has 2 rings (SSSR count). The number of hydrogen-bond donors (Lipinski definition) is 1. The maximum absolute atomic E-state index is 14.3. The van der Waals surface area contributed by atoms with E-state index in [9.17, 15) is 4.39 Å². The van der Waals surface area contributed by atoms with Crippen molar-refractivity contribution in [2.75, 3.05) is 7.11 Å². The van der Waals surface area contributed by atoms with Gasteiger partial charge >= 0.3 is 0 Å². The number of alkyl halides is 1. The molecule has 1 saturated carbocycles. The molecule has 2 unspecified atom stereocenters. The van der Waals surface area contributed by atoms with E-state index in [1.165, 1.54) is 0 Å². The largest absolute Gasteiger partial charge is 0.497 e. The number of rotatable bonds is 4. The van der Waals surface area contributed by atoms with Crippen LogP contribution in [0.2, 0.25) is 0 Å². The van der Waals surface area contributed by atoms with Crippen LogP contribution in [0.25, 0.3) is 0 Å². The molecular formula is C14H20FNO. The molecule has 1 aromatic rings. The van der Waals surface area contributed by atoms with Crippen molar-refractivity contribution in [2.24, 2.45) is 5.73 Å². The first-order chi connectivity index (χ1) is 8.11. The molecule has 3 heteroatoms. The lowest BCUT2D eigenvalue weighted by Gasteiger charge is -2.19. The molecule has 0 heterocycles. The Morgan fingerprint density at radius 3 is 2.65 bits per heavy atom. The summed E-state index contributed by atoms with van der Waals surface area (Å²) in [4.78, 5) is 0. The summed E-state index contributed by atoms with van der Waals surface area (Å²) < 4.78 is 19.4. The molecule has 0 spiro atoms. The Morgan fingerprint density at radius 2 is 2.12 bits per heavy atom. The second-order valence-electron chi connectivity index (χ2n) is 5.00. The zero-order chi connectivity index (χ0) is 12.3. The number of nitrogens with two attached hydrogens (primary N) is 1. The van der Waals surface area contributed by atoms with Crippen molar-refractivity contribution in [3.8, 4) is 5.75 Å². The summed E-state index contributed by atoms with van der Waals surface area (Å²) in [5, 5.41) is 0. The highest BCUT2D eigenvalue weighted by Crippen LogP contribution is 2.36. The zero-order valence-corrected chi connectivity index (χ0v) is 10.3. The Labute approximate surface area is 102 Å². The minimum absolute atomic E-state index is 0.0517. The summed E-state index contributed by atoms with van der Waals surface area (Å²) in [7, 11) is 1.64. The van der Waals surface area contributed by atoms with Gasteiger partial charge < -0.3 is 10.5 Å². The lowest BCUT2D eigenvalue weighted by Crippen LogP contribution is -2.23. The van der Waals surface area contributed by atoms with Gasteiger partial charge in [0.25, 0.3) is 0 Å². The molecule has 0 aromatic heterocycles. The molecule has 0 bridgehead atoms. The summed E-state index contributed by atoms with van der Waals surface area (Å²) in [5.41, 5.74) is 5.87. The Bertz CT molecular complexity index is 365. The number of ether oxygens (including phenoxy) is 1. The van der Waals surface area contributed by atoms with Crippen LogP contribution in [0, 0.1) is 0 Å². The highest BCUT2D eigenvalue weighted by Gasteiger charge is 2.37. The van der Waals surface area contributed by atoms with E-state index in [4.69, 9.17) is 10.5 Å². The van der Waals surface area contributed by atoms with Crippen molar-refractivity contribution in [3.63, 3.8) is 0 Å². The van der Waals surface area contributed by atoms with Crippen LogP contribution in [0.5, 0.6) is 5.75 Å². The molecule has 1 fully saturated rings. The van der Waals surface area contributed by atoms with Crippen LogP contribution in [0.3, 0.4) is 0 Å². The maximum Gasteiger partial charge on any atom is 0.118 e. The molecule has 17 heavy (non-hydrogen) atoms. The number of halogens is 1. The Kier molecular flexibility index (Phi) is 3.67. The van der Waals surface area contributed by atoms with Crippen molar-refractivity contribution in [1.82, 2.24) is 0 Å². The molecule has 2 atom stereocenters. The number of aryl methyl sites for hydroxylation is 1. The first-order valence-electron chi connectivity index (χ1n) is 6.19. The van der Waals surface area contributed by atoms with Crippen molar-refractivity contribution >= 4 is 0 Å². The van der Waals surface area contributed by atoms with E-state index in [1.54, 1.807) is 7.11 Å². The highest BCUT2D eigenvalue weighted by atomic mass is 19.1. The SMILES string of the molecule is COc1ccc(CCC2(F)CCC(N)C2)cc1. The molecule has 0 saturated heterocycles. The van der Waals surface area contributed by atoms with Crippen molar-refractivity contribution in [2.45, 2.75) is 43.8 Å². The van der Waals surface area contributed by atoms with E-state index < -0.39 is 5.67 Å². The second kappa shape index (κ2) is 5.05. The van der Waals surface area contributed by atoms with E-state index in [0.29, 0.717) is 19.3 Å². The average Bonchev–Trinajstić information content (AvgIpc) is 2.68. The maximum atomic E-state index is 14.3. The van der Waals surface area contributed by atoms with E-state index in [0.717, 1.165) is 24.2 Å². The molecule has 0 radical (unpaired) electrons. The van der Waals surface area contributed by atoms with Gasteiger partial charge in [0.05, 0.1) is 7.11 Å². The van der Waals surface area contributed by atoms with Crippen LogP contribution in [0.4, 0.5) is 4.39 Å². The van der Waals surface area contributed by atoms with E-state index >= 15 is 0 Å². The predicted octanol–water partition coefficient (Wildman–Crippen LogP) is 2.85. The van der Waals surface area contributed by atoms with Gasteiger partial charge in [0.15, 0.2) is 0 Å². The van der Waals surface area contributed by atoms with Crippen molar-refractivity contribution < 1.29 is 9.13 Å². The van der Waals surface area contributed by atoms with Gasteiger partial charge in [0.2, 0.25) is 0 Å². The second-order valence-corrected chi connectivity index (χ2v) is 5.00. The molecule has 1 aliphatic carbocycles. The minimum Gasteiger partial charge on any atom is -0.497 e. The van der Waals surface area contributed by atoms with Gasteiger partial charge in [-0.15, -0.1) is 0 Å². The van der Waals surface area contributed by atoms with E-state index in [-0.39, 0.29) is 6.04 Å². The smallest absolute Gasteiger partial charge is 0.118 e. The van der Waals surface area contributed by atoms with Gasteiger partial charge in [0, 0.05) is 6.04 Å². The third-order valence-corrected chi connectivity index (χ3v) is 3.61. The summed E-state index contributed by atoms with van der Waals surface area (Å²) in [6, 6.07) is 7.88. The predicted molar refractivity (Wildman–Crippen MR) is 67.0 cm³/mol. The topological polar surface area (TPSA) is 35.2 Å². The molecule has 1 aliphatic rings. The fourth-order valence-electron chi connectivity index (χ4n) is 2.51. The van der Waals surface area contributed by atoms with Crippen LogP contribution < -0.4 is 10.5 Å². The lowest BCUT2D eigenvalue weighted by molar-refractivity contribution is 0.157. The Balaban J connectivity index is 1.89. The normalized spacial score (nSPS) is 28.3. The lowest BCUT2D eigenvalue weighted by atomic mass is 9.95. The average molecular weight is 237 g/mol. The number of benzene rings is 1. The van der Waals surface area contributed by atoms with Crippen LogP contribution in [0.15, 0.2) is 24.3 Å². The molecule has 0 aliphatic heterocycles. The van der Waals surface area contributed by atoms with E-state index in [2.05, 4.69) is 0 Å². The molecule has 1 aromatic carbocycles. The first-order valence-corrected chi connectivity index (χ1v) is 6.19. The molecule has 0 amide bonds. The van der Waals surface area contributed by atoms with Crippen LogP contribution >= 0.6 is 0 Å². The summed E-state index contributed by atoms with van der Waals surface area (Å²) >= 11 is 0. The standard InChI is InChI=1S/C14H20FNO/c1-17-13-4-2-11(3-5-13)6-8-14(15)9-7-12(16)10-14/h2-5,12H,6-10,16H2,1H3. The van der Waals surface area contributed by atoms with Crippen LogP contribution in [0.1, 0.15) is 31.2 Å². The first kappa shape index (κ1) is 12.4. The fourth-order valence-corrected chi connectivity index (χ4v) is 2.51. The third kappa shape index (κ3) is 3.19. The molecule has 2 nitrogen and oxygen atoms in total. The fraction of sp³-hybridized carbons (Fsp3) is 0.571. The summed E-state index contributed by atoms with van der Waals surface area (Å²) in [5.74, 6) is 0.839. The van der Waals surface area contributed by atoms with Crippen molar-refractivity contribution in [3.05, 3.63) is 29.8 Å². The molecular weight excluding hydrogens is 217 g/mol. The monoisotopic (exact) mass is 237 g/mol. The summed E-state index contributed by atoms with van der Waals surface area (Å²) in [6.07, 6.45) is 3.30. The summed E-state index contributed by atoms with van der Waals surface area (Å²) in [6.45, 7) is 0. The van der Waals surface area contributed by atoms with Gasteiger partial charge in [-0.3, -0.25) is 0 Å². The number of methoxy groups -OCH3 is 1. The van der Waals surface area contributed by atoms with Gasteiger partial charge in [-0.1, -0.05) is 12.1 Å². The Hall–Kier alpha value is -1.09. The van der Waals surface area contributed by atoms with Crippen molar-refractivity contribution in [1.29, 1.82) is 0 Å². The van der Waals surface area contributed by atoms with Crippen LogP contribution in [-0.4, -0.2) is 18.8 Å². The van der Waals surface area contributed by atoms with E-state index in [1.807, 2.05) is 24.3 Å². The highest BCUT2D eigenvalue weighted by molar-refractivity contribution is 5.27. The van der Waals surface area contributed by atoms with Gasteiger partial charge in [-0.2, -0.15) is 0 Å². The number of hydrogen-bond acceptors (Lipinski definition) is 2. The van der Waals surface area contributed by atoms with Gasteiger partial charge in [0.1, 0.15) is 11.4 Å². The van der Waals surface area contributed by atoms with Crippen LogP contribution in [-0.2, 0) is 6.42 Å². The minimum atomic E-state index is -1.04. The quantitative estimate of drug-likeness (QED) is 0.874. The Morgan fingerprint density at radius 1 is 1.41 bits per heavy atom. The molecule has 2 N–H and O–H groups in total.